The molecule has 1 fully saturated rings. The molecule has 1 aliphatic carbocycles. The first-order chi connectivity index (χ1) is 11.8. The van der Waals surface area contributed by atoms with Crippen molar-refractivity contribution in [2.75, 3.05) is 11.9 Å². The fourth-order valence-corrected chi connectivity index (χ4v) is 2.85. The van der Waals surface area contributed by atoms with Gasteiger partial charge in [-0.2, -0.15) is 18.3 Å². The summed E-state index contributed by atoms with van der Waals surface area (Å²) in [4.78, 5) is 22.2. The van der Waals surface area contributed by atoms with Crippen LogP contribution in [0.3, 0.4) is 0 Å². The number of halogens is 3. The first-order valence-electron chi connectivity index (χ1n) is 7.82. The largest absolute Gasteiger partial charge is 0.442 e. The fraction of sp³-hybridized carbons (Fsp3) is 0.438. The zero-order valence-electron chi connectivity index (χ0n) is 13.2. The molecule has 134 valence electrons. The molecule has 25 heavy (non-hydrogen) atoms. The predicted molar refractivity (Wildman–Crippen MR) is 83.4 cm³/mol. The Balaban J connectivity index is 1.85. The lowest BCUT2D eigenvalue weighted by Gasteiger charge is -2.25. The highest BCUT2D eigenvalue weighted by Gasteiger charge is 2.35. The Morgan fingerprint density at radius 1 is 1.20 bits per heavy atom. The minimum absolute atomic E-state index is 0.0306. The standard InChI is InChI=1S/C16H16F3N3O3/c17-16(18,19)12-7-9(14-8-25-15(24)22-21-14)1-6-13(12)20-10-2-4-11(23)5-3-10/h1,6-7,10,20H,2-5,8H2,(H,22,24). The Labute approximate surface area is 141 Å². The third-order valence-electron chi connectivity index (χ3n) is 4.18. The molecule has 1 amide bonds. The van der Waals surface area contributed by atoms with Gasteiger partial charge in [0.2, 0.25) is 0 Å². The average Bonchev–Trinajstić information content (AvgIpc) is 2.57. The summed E-state index contributed by atoms with van der Waals surface area (Å²) in [6, 6.07) is 3.65. The summed E-state index contributed by atoms with van der Waals surface area (Å²) in [5.74, 6) is 0.141. The van der Waals surface area contributed by atoms with Crippen molar-refractivity contribution in [3.8, 4) is 0 Å². The summed E-state index contributed by atoms with van der Waals surface area (Å²) in [6.07, 6.45) is -3.50. The van der Waals surface area contributed by atoms with Crippen LogP contribution in [0.5, 0.6) is 0 Å². The van der Waals surface area contributed by atoms with Gasteiger partial charge in [0.15, 0.2) is 0 Å². The monoisotopic (exact) mass is 355 g/mol. The van der Waals surface area contributed by atoms with Gasteiger partial charge in [-0.25, -0.2) is 10.2 Å². The number of nitrogens with zero attached hydrogens (tertiary/aromatic N) is 1. The van der Waals surface area contributed by atoms with Gasteiger partial charge in [-0.3, -0.25) is 4.79 Å². The van der Waals surface area contributed by atoms with E-state index in [9.17, 15) is 22.8 Å². The van der Waals surface area contributed by atoms with Gasteiger partial charge in [-0.15, -0.1) is 0 Å². The van der Waals surface area contributed by atoms with Crippen molar-refractivity contribution in [3.05, 3.63) is 29.3 Å². The zero-order valence-corrected chi connectivity index (χ0v) is 13.2. The summed E-state index contributed by atoms with van der Waals surface area (Å²) >= 11 is 0. The Hall–Kier alpha value is -2.58. The molecule has 6 nitrogen and oxygen atoms in total. The lowest BCUT2D eigenvalue weighted by Crippen LogP contribution is -2.31. The highest BCUT2D eigenvalue weighted by atomic mass is 19.4. The molecule has 1 aromatic carbocycles. The van der Waals surface area contributed by atoms with Crippen molar-refractivity contribution in [2.45, 2.75) is 37.9 Å². The molecule has 0 radical (unpaired) electrons. The molecule has 3 rings (SSSR count). The van der Waals surface area contributed by atoms with E-state index < -0.39 is 17.8 Å². The Morgan fingerprint density at radius 3 is 2.52 bits per heavy atom. The Kier molecular flexibility index (Phi) is 4.65. The van der Waals surface area contributed by atoms with Gasteiger partial charge in [0.05, 0.1) is 5.56 Å². The van der Waals surface area contributed by atoms with Crippen LogP contribution < -0.4 is 10.7 Å². The van der Waals surface area contributed by atoms with E-state index in [2.05, 4.69) is 15.8 Å². The third-order valence-corrected chi connectivity index (χ3v) is 4.18. The number of carbonyl (C=O) groups excluding carboxylic acids is 2. The van der Waals surface area contributed by atoms with Crippen LogP contribution in [0.4, 0.5) is 23.7 Å². The topological polar surface area (TPSA) is 79.8 Å². The number of anilines is 1. The Bertz CT molecular complexity index is 721. The number of rotatable bonds is 3. The molecule has 0 spiro atoms. The molecular formula is C16H16F3N3O3. The molecule has 1 aliphatic heterocycles. The normalized spacial score (nSPS) is 19.1. The van der Waals surface area contributed by atoms with Gasteiger partial charge in [-0.05, 0) is 25.0 Å². The summed E-state index contributed by atoms with van der Waals surface area (Å²) in [7, 11) is 0. The smallest absolute Gasteiger partial charge is 0.428 e. The minimum atomic E-state index is -4.55. The van der Waals surface area contributed by atoms with E-state index in [4.69, 9.17) is 4.74 Å². The van der Waals surface area contributed by atoms with Gasteiger partial charge in [0.1, 0.15) is 18.1 Å². The molecule has 0 saturated heterocycles. The number of carbonyl (C=O) groups is 2. The highest BCUT2D eigenvalue weighted by molar-refractivity contribution is 6.04. The number of alkyl halides is 3. The van der Waals surface area contributed by atoms with E-state index >= 15 is 0 Å². The quantitative estimate of drug-likeness (QED) is 0.873. The van der Waals surface area contributed by atoms with Crippen LogP contribution in [0.25, 0.3) is 0 Å². The van der Waals surface area contributed by atoms with Crippen molar-refractivity contribution in [3.63, 3.8) is 0 Å². The lowest BCUT2D eigenvalue weighted by atomic mass is 9.93. The summed E-state index contributed by atoms with van der Waals surface area (Å²) in [5.41, 5.74) is 1.65. The zero-order chi connectivity index (χ0) is 18.0. The molecule has 0 bridgehead atoms. The third kappa shape index (κ3) is 4.09. The van der Waals surface area contributed by atoms with E-state index in [0.29, 0.717) is 25.7 Å². The number of ketones is 1. The van der Waals surface area contributed by atoms with Crippen LogP contribution >= 0.6 is 0 Å². The molecule has 1 saturated carbocycles. The van der Waals surface area contributed by atoms with E-state index in [0.717, 1.165) is 6.07 Å². The van der Waals surface area contributed by atoms with Gasteiger partial charge in [0.25, 0.3) is 0 Å². The second-order valence-corrected chi connectivity index (χ2v) is 5.96. The maximum Gasteiger partial charge on any atom is 0.428 e. The van der Waals surface area contributed by atoms with Crippen molar-refractivity contribution in [2.24, 2.45) is 5.10 Å². The van der Waals surface area contributed by atoms with Gasteiger partial charge >= 0.3 is 12.3 Å². The summed E-state index contributed by atoms with van der Waals surface area (Å²) in [5, 5.41) is 6.63. The van der Waals surface area contributed by atoms with E-state index in [1.165, 1.54) is 12.1 Å². The fourth-order valence-electron chi connectivity index (χ4n) is 2.85. The number of hydrogen-bond acceptors (Lipinski definition) is 5. The van der Waals surface area contributed by atoms with Crippen molar-refractivity contribution < 1.29 is 27.5 Å². The van der Waals surface area contributed by atoms with Gasteiger partial charge < -0.3 is 10.1 Å². The molecule has 2 aliphatic rings. The van der Waals surface area contributed by atoms with Crippen LogP contribution in [0.2, 0.25) is 0 Å². The number of benzene rings is 1. The molecule has 0 aromatic heterocycles. The van der Waals surface area contributed by atoms with Crippen molar-refractivity contribution >= 4 is 23.3 Å². The minimum Gasteiger partial charge on any atom is -0.442 e. The maximum atomic E-state index is 13.4. The SMILES string of the molecule is O=C1CCC(Nc2ccc(C3=NNC(=O)OC3)cc2C(F)(F)F)CC1. The number of nitrogens with one attached hydrogen (secondary N) is 2. The lowest BCUT2D eigenvalue weighted by molar-refractivity contribution is -0.137. The van der Waals surface area contributed by atoms with Crippen LogP contribution in [-0.2, 0) is 15.7 Å². The van der Waals surface area contributed by atoms with Crippen molar-refractivity contribution in [1.29, 1.82) is 0 Å². The first kappa shape index (κ1) is 17.2. The van der Waals surface area contributed by atoms with Gasteiger partial charge in [0, 0.05) is 30.1 Å². The van der Waals surface area contributed by atoms with Crippen LogP contribution in [0.15, 0.2) is 23.3 Å². The van der Waals surface area contributed by atoms with E-state index in [1.807, 2.05) is 0 Å². The molecule has 2 N–H and O–H groups in total. The predicted octanol–water partition coefficient (Wildman–Crippen LogP) is 3.07. The maximum absolute atomic E-state index is 13.4. The number of ether oxygens (including phenoxy) is 1. The van der Waals surface area contributed by atoms with Crippen LogP contribution in [0.1, 0.15) is 36.8 Å². The second kappa shape index (κ2) is 6.73. The van der Waals surface area contributed by atoms with Crippen LogP contribution in [0, 0.1) is 0 Å². The number of hydrazone groups is 1. The summed E-state index contributed by atoms with van der Waals surface area (Å²) in [6.45, 7) is -0.194. The van der Waals surface area contributed by atoms with E-state index in [1.54, 1.807) is 0 Å². The number of Topliss-reactive ketones (excluding diaryl/α,β-unsaturated/α-hetero) is 1. The number of amides is 1. The number of cyclic esters (lactones) is 1. The summed E-state index contributed by atoms with van der Waals surface area (Å²) < 4.78 is 45.0. The van der Waals surface area contributed by atoms with Crippen LogP contribution in [-0.4, -0.2) is 30.2 Å². The molecule has 1 aromatic rings. The average molecular weight is 355 g/mol. The second-order valence-electron chi connectivity index (χ2n) is 5.96. The number of hydrogen-bond donors (Lipinski definition) is 2. The van der Waals surface area contributed by atoms with Gasteiger partial charge in [-0.1, -0.05) is 6.07 Å². The molecule has 1 heterocycles. The van der Waals surface area contributed by atoms with Crippen molar-refractivity contribution in [1.82, 2.24) is 5.43 Å². The molecule has 0 unspecified atom stereocenters. The Morgan fingerprint density at radius 2 is 1.92 bits per heavy atom. The first-order valence-corrected chi connectivity index (χ1v) is 7.82. The van der Waals surface area contributed by atoms with E-state index in [-0.39, 0.29) is 35.4 Å². The molecule has 9 heteroatoms. The highest BCUT2D eigenvalue weighted by Crippen LogP contribution is 2.36. The molecular weight excluding hydrogens is 339 g/mol. The molecule has 0 atom stereocenters.